The van der Waals surface area contributed by atoms with Gasteiger partial charge in [-0.25, -0.2) is 4.39 Å². The Kier molecular flexibility index (Phi) is 4.23. The minimum absolute atomic E-state index is 0.152. The van der Waals surface area contributed by atoms with E-state index in [1.165, 1.54) is 24.3 Å². The van der Waals surface area contributed by atoms with Gasteiger partial charge in [0.15, 0.2) is 0 Å². The van der Waals surface area contributed by atoms with Gasteiger partial charge in [-0.2, -0.15) is 0 Å². The zero-order valence-electron chi connectivity index (χ0n) is 10.3. The van der Waals surface area contributed by atoms with E-state index in [0.29, 0.717) is 0 Å². The molecule has 94 valence electrons. The monoisotopic (exact) mass is 239 g/mol. The van der Waals surface area contributed by atoms with Crippen molar-refractivity contribution in [1.29, 1.82) is 0 Å². The lowest BCUT2D eigenvalue weighted by molar-refractivity contribution is 0.0587. The molecular formula is C13H18FNO2. The molecule has 0 aromatic heterocycles. The maximum atomic E-state index is 12.9. The molecule has 17 heavy (non-hydrogen) atoms. The van der Waals surface area contributed by atoms with E-state index in [9.17, 15) is 14.3 Å². The van der Waals surface area contributed by atoms with Gasteiger partial charge in [-0.15, -0.1) is 0 Å². The van der Waals surface area contributed by atoms with Gasteiger partial charge in [-0.3, -0.25) is 4.79 Å². The van der Waals surface area contributed by atoms with Crippen LogP contribution in [0.1, 0.15) is 31.1 Å². The number of aliphatic hydroxyl groups is 1. The summed E-state index contributed by atoms with van der Waals surface area (Å²) < 4.78 is 12.9. The lowest BCUT2D eigenvalue weighted by Gasteiger charge is -2.25. The predicted octanol–water partition coefficient (Wildman–Crippen LogP) is 1.96. The number of benzene rings is 1. The summed E-state index contributed by atoms with van der Waals surface area (Å²) in [5, 5.41) is 12.3. The van der Waals surface area contributed by atoms with Crippen molar-refractivity contribution in [3.05, 3.63) is 35.6 Å². The Morgan fingerprint density at radius 3 is 2.65 bits per heavy atom. The first kappa shape index (κ1) is 13.6. The molecule has 0 spiro atoms. The van der Waals surface area contributed by atoms with Crippen molar-refractivity contribution in [3.8, 4) is 0 Å². The fourth-order valence-corrected chi connectivity index (χ4v) is 1.23. The van der Waals surface area contributed by atoms with E-state index < -0.39 is 11.9 Å². The summed E-state index contributed by atoms with van der Waals surface area (Å²) in [7, 11) is 0. The first-order valence-electron chi connectivity index (χ1n) is 5.52. The largest absolute Gasteiger partial charge is 0.391 e. The van der Waals surface area contributed by atoms with Gasteiger partial charge in [-0.1, -0.05) is 26.8 Å². The van der Waals surface area contributed by atoms with Gasteiger partial charge in [0.1, 0.15) is 5.82 Å². The highest BCUT2D eigenvalue weighted by molar-refractivity contribution is 5.94. The van der Waals surface area contributed by atoms with Crippen LogP contribution in [0.2, 0.25) is 0 Å². The molecule has 0 fully saturated rings. The summed E-state index contributed by atoms with van der Waals surface area (Å²) in [5.41, 5.74) is -0.0408. The van der Waals surface area contributed by atoms with Crippen LogP contribution in [0.5, 0.6) is 0 Å². The number of halogens is 1. The van der Waals surface area contributed by atoms with Gasteiger partial charge >= 0.3 is 0 Å². The molecule has 2 N–H and O–H groups in total. The van der Waals surface area contributed by atoms with Gasteiger partial charge < -0.3 is 10.4 Å². The lowest BCUT2D eigenvalue weighted by atomic mass is 9.89. The maximum Gasteiger partial charge on any atom is 0.251 e. The SMILES string of the molecule is CC(C)(C)C(O)CNC(=O)c1cccc(F)c1. The molecular weight excluding hydrogens is 221 g/mol. The number of aliphatic hydroxyl groups excluding tert-OH is 1. The number of amides is 1. The van der Waals surface area contributed by atoms with Crippen LogP contribution in [0.4, 0.5) is 4.39 Å². The molecule has 0 radical (unpaired) electrons. The van der Waals surface area contributed by atoms with Crippen molar-refractivity contribution < 1.29 is 14.3 Å². The van der Waals surface area contributed by atoms with Crippen molar-refractivity contribution >= 4 is 5.91 Å². The minimum atomic E-state index is -0.639. The van der Waals surface area contributed by atoms with E-state index in [1.807, 2.05) is 20.8 Å². The number of rotatable bonds is 3. The topological polar surface area (TPSA) is 49.3 Å². The third kappa shape index (κ3) is 4.15. The van der Waals surface area contributed by atoms with E-state index in [2.05, 4.69) is 5.32 Å². The summed E-state index contributed by atoms with van der Waals surface area (Å²) in [6.45, 7) is 5.79. The quantitative estimate of drug-likeness (QED) is 0.847. The second-order valence-corrected chi connectivity index (χ2v) is 5.10. The minimum Gasteiger partial charge on any atom is -0.391 e. The van der Waals surface area contributed by atoms with Crippen LogP contribution in [-0.4, -0.2) is 23.7 Å². The molecule has 1 rings (SSSR count). The lowest BCUT2D eigenvalue weighted by Crippen LogP contribution is -2.39. The second kappa shape index (κ2) is 5.27. The Labute approximate surface area is 101 Å². The van der Waals surface area contributed by atoms with Crippen molar-refractivity contribution in [2.45, 2.75) is 26.9 Å². The van der Waals surface area contributed by atoms with Gasteiger partial charge in [0.2, 0.25) is 0 Å². The summed E-state index contributed by atoms with van der Waals surface area (Å²) in [4.78, 5) is 11.6. The molecule has 0 saturated carbocycles. The van der Waals surface area contributed by atoms with Crippen LogP contribution in [0.15, 0.2) is 24.3 Å². The first-order valence-corrected chi connectivity index (χ1v) is 5.52. The second-order valence-electron chi connectivity index (χ2n) is 5.10. The Morgan fingerprint density at radius 2 is 2.12 bits per heavy atom. The van der Waals surface area contributed by atoms with Crippen LogP contribution in [0.25, 0.3) is 0 Å². The first-order chi connectivity index (χ1) is 7.80. The van der Waals surface area contributed by atoms with Crippen molar-refractivity contribution in [2.24, 2.45) is 5.41 Å². The number of hydrogen-bond acceptors (Lipinski definition) is 2. The van der Waals surface area contributed by atoms with Crippen LogP contribution in [-0.2, 0) is 0 Å². The zero-order valence-corrected chi connectivity index (χ0v) is 10.3. The molecule has 1 atom stereocenters. The number of carbonyl (C=O) groups excluding carboxylic acids is 1. The van der Waals surface area contributed by atoms with E-state index in [-0.39, 0.29) is 23.4 Å². The molecule has 1 amide bonds. The molecule has 1 aromatic carbocycles. The number of nitrogens with one attached hydrogen (secondary N) is 1. The third-order valence-corrected chi connectivity index (χ3v) is 2.54. The van der Waals surface area contributed by atoms with Crippen LogP contribution >= 0.6 is 0 Å². The molecule has 0 aliphatic carbocycles. The van der Waals surface area contributed by atoms with Crippen LogP contribution in [0, 0.1) is 11.2 Å². The predicted molar refractivity (Wildman–Crippen MR) is 64.2 cm³/mol. The van der Waals surface area contributed by atoms with Crippen molar-refractivity contribution in [3.63, 3.8) is 0 Å². The number of hydrogen-bond donors (Lipinski definition) is 2. The molecule has 0 saturated heterocycles. The summed E-state index contributed by atoms with van der Waals surface area (Å²) in [6.07, 6.45) is -0.639. The normalized spacial score (nSPS) is 13.2. The van der Waals surface area contributed by atoms with Gasteiger partial charge in [0, 0.05) is 12.1 Å². The highest BCUT2D eigenvalue weighted by Gasteiger charge is 2.22. The van der Waals surface area contributed by atoms with Gasteiger partial charge in [0.05, 0.1) is 6.10 Å². The third-order valence-electron chi connectivity index (χ3n) is 2.54. The highest BCUT2D eigenvalue weighted by Crippen LogP contribution is 2.18. The number of carbonyl (C=O) groups is 1. The molecule has 1 aromatic rings. The summed E-state index contributed by atoms with van der Waals surface area (Å²) in [5.74, 6) is -0.832. The van der Waals surface area contributed by atoms with E-state index in [4.69, 9.17) is 0 Å². The molecule has 0 bridgehead atoms. The fraction of sp³-hybridized carbons (Fsp3) is 0.462. The highest BCUT2D eigenvalue weighted by atomic mass is 19.1. The standard InChI is InChI=1S/C13H18FNO2/c1-13(2,3)11(16)8-15-12(17)9-5-4-6-10(14)7-9/h4-7,11,16H,8H2,1-3H3,(H,15,17). The average Bonchev–Trinajstić information content (AvgIpc) is 2.24. The molecule has 0 aliphatic heterocycles. The molecule has 3 nitrogen and oxygen atoms in total. The van der Waals surface area contributed by atoms with Crippen molar-refractivity contribution in [2.75, 3.05) is 6.54 Å². The van der Waals surface area contributed by atoms with Gasteiger partial charge in [0.25, 0.3) is 5.91 Å². The van der Waals surface area contributed by atoms with Crippen LogP contribution in [0.3, 0.4) is 0 Å². The average molecular weight is 239 g/mol. The summed E-state index contributed by atoms with van der Waals surface area (Å²) in [6, 6.07) is 5.45. The Morgan fingerprint density at radius 1 is 1.47 bits per heavy atom. The Hall–Kier alpha value is -1.42. The molecule has 1 unspecified atom stereocenters. The Balaban J connectivity index is 2.57. The van der Waals surface area contributed by atoms with Crippen LogP contribution < -0.4 is 5.32 Å². The Bertz CT molecular complexity index is 399. The smallest absolute Gasteiger partial charge is 0.251 e. The maximum absolute atomic E-state index is 12.9. The zero-order chi connectivity index (χ0) is 13.1. The molecule has 4 heteroatoms. The summed E-state index contributed by atoms with van der Waals surface area (Å²) >= 11 is 0. The van der Waals surface area contributed by atoms with Crippen molar-refractivity contribution in [1.82, 2.24) is 5.32 Å². The van der Waals surface area contributed by atoms with E-state index in [0.717, 1.165) is 0 Å². The molecule has 0 aliphatic rings. The van der Waals surface area contributed by atoms with Gasteiger partial charge in [-0.05, 0) is 23.6 Å². The van der Waals surface area contributed by atoms with E-state index >= 15 is 0 Å². The fourth-order valence-electron chi connectivity index (χ4n) is 1.23. The molecule has 0 heterocycles. The van der Waals surface area contributed by atoms with E-state index in [1.54, 1.807) is 0 Å².